The minimum absolute atomic E-state index is 0.0149. The number of hydrogen-bond donors (Lipinski definition) is 4. The van der Waals surface area contributed by atoms with E-state index in [9.17, 15) is 29.1 Å². The van der Waals surface area contributed by atoms with Crippen LogP contribution in [0.25, 0.3) is 0 Å². The molecule has 0 fully saturated rings. The Morgan fingerprint density at radius 2 is 1.52 bits per heavy atom. The number of hydrogen-bond acceptors (Lipinski definition) is 10. The van der Waals surface area contributed by atoms with E-state index in [0.29, 0.717) is 12.8 Å². The van der Waals surface area contributed by atoms with Crippen LogP contribution in [-0.2, 0) is 48.2 Å². The number of thiazole rings is 1. The lowest BCUT2D eigenvalue weighted by atomic mass is 9.94. The van der Waals surface area contributed by atoms with Gasteiger partial charge in [-0.25, -0.2) is 4.98 Å². The molecule has 1 aromatic heterocycles. The van der Waals surface area contributed by atoms with E-state index in [1.807, 2.05) is 0 Å². The first-order chi connectivity index (χ1) is 21.6. The van der Waals surface area contributed by atoms with Gasteiger partial charge in [0.15, 0.2) is 11.6 Å². The fraction of sp³-hybridized carbons (Fsp3) is 0.588. The van der Waals surface area contributed by atoms with Crippen LogP contribution in [0.15, 0.2) is 30.5 Å². The van der Waals surface area contributed by atoms with Gasteiger partial charge in [-0.1, -0.05) is 25.5 Å². The molecular weight excluding hydrogens is 610 g/mol. The van der Waals surface area contributed by atoms with E-state index in [0.717, 1.165) is 34.7 Å². The Hall–Kier alpha value is -3.64. The number of aryl methyl sites for hydroxylation is 1. The Labute approximate surface area is 275 Å². The average Bonchev–Trinajstić information content (AvgIpc) is 3.44. The second kappa shape index (κ2) is 18.5. The van der Waals surface area contributed by atoms with Crippen LogP contribution in [0.1, 0.15) is 95.5 Å². The lowest BCUT2D eigenvalue weighted by Crippen LogP contribution is -2.45. The molecule has 254 valence electrons. The highest BCUT2D eigenvalue weighted by molar-refractivity contribution is 7.11. The zero-order valence-corrected chi connectivity index (χ0v) is 28.6. The summed E-state index contributed by atoms with van der Waals surface area (Å²) in [4.78, 5) is 69.2. The molecule has 0 aliphatic heterocycles. The van der Waals surface area contributed by atoms with Crippen molar-refractivity contribution in [1.29, 1.82) is 0 Å². The molecule has 0 radical (unpaired) electrons. The average molecular weight is 660 g/mol. The highest BCUT2D eigenvalue weighted by Gasteiger charge is 2.29. The van der Waals surface area contributed by atoms with Gasteiger partial charge in [0.05, 0.1) is 40.9 Å². The molecule has 0 aliphatic rings. The summed E-state index contributed by atoms with van der Waals surface area (Å²) in [5.41, 5.74) is -0.00430. The highest BCUT2D eigenvalue weighted by atomic mass is 32.1. The molecule has 4 atom stereocenters. The number of unbranched alkanes of at least 4 members (excludes halogenated alkanes) is 2. The number of aliphatic hydroxyl groups excluding tert-OH is 1. The van der Waals surface area contributed by atoms with Crippen LogP contribution in [0.4, 0.5) is 0 Å². The van der Waals surface area contributed by atoms with E-state index in [2.05, 4.69) is 15.6 Å². The lowest BCUT2D eigenvalue weighted by Gasteiger charge is -2.23. The van der Waals surface area contributed by atoms with Crippen molar-refractivity contribution in [3.8, 4) is 5.75 Å². The fourth-order valence-electron chi connectivity index (χ4n) is 4.68. The Kier molecular flexibility index (Phi) is 15.5. The number of rotatable bonds is 19. The van der Waals surface area contributed by atoms with Crippen molar-refractivity contribution in [2.75, 3.05) is 0 Å². The minimum atomic E-state index is -0.914. The van der Waals surface area contributed by atoms with Gasteiger partial charge in [-0.15, -0.1) is 11.3 Å². The van der Waals surface area contributed by atoms with Crippen LogP contribution in [-0.4, -0.2) is 62.2 Å². The number of phenolic OH excluding ortho intramolecular Hbond substituents is 1. The highest BCUT2D eigenvalue weighted by Crippen LogP contribution is 2.20. The summed E-state index contributed by atoms with van der Waals surface area (Å²) in [7, 11) is 0. The third kappa shape index (κ3) is 14.2. The molecule has 0 saturated carbocycles. The standard InChI is InChI=1S/C34H49N3O8S/c1-21(32(43)36-22(2)28(40)10-8-7-9-11-30-35-19-27(20-38)46-30)16-29(41)23(3)37-33(44)25(18-31(42)45-34(4,5)6)17-24-12-14-26(39)15-13-24/h12-15,19,21-23,25,38-39H,7-11,16-18,20H2,1-6H3,(H,36,43)(H,37,44)/t21-,22+,23+,25-/m1/s1. The summed E-state index contributed by atoms with van der Waals surface area (Å²) < 4.78 is 5.41. The number of nitrogens with zero attached hydrogens (tertiary/aromatic N) is 1. The number of benzene rings is 1. The largest absolute Gasteiger partial charge is 0.508 e. The number of aliphatic hydroxyl groups is 1. The summed E-state index contributed by atoms with van der Waals surface area (Å²) in [6, 6.07) is 4.69. The van der Waals surface area contributed by atoms with E-state index >= 15 is 0 Å². The van der Waals surface area contributed by atoms with Crippen LogP contribution < -0.4 is 10.6 Å². The van der Waals surface area contributed by atoms with E-state index < -0.39 is 47.3 Å². The molecule has 0 aliphatic carbocycles. The summed E-state index contributed by atoms with van der Waals surface area (Å²) in [5.74, 6) is -3.40. The number of nitrogens with one attached hydrogen (secondary N) is 2. The molecule has 1 aromatic carbocycles. The molecule has 0 spiro atoms. The quantitative estimate of drug-likeness (QED) is 0.127. The topological polar surface area (TPSA) is 172 Å². The molecule has 46 heavy (non-hydrogen) atoms. The second-order valence-corrected chi connectivity index (χ2v) is 14.0. The van der Waals surface area contributed by atoms with Gasteiger partial charge in [0.1, 0.15) is 11.4 Å². The molecule has 2 rings (SSSR count). The minimum Gasteiger partial charge on any atom is -0.508 e. The molecule has 2 amide bonds. The third-order valence-corrected chi connectivity index (χ3v) is 8.37. The van der Waals surface area contributed by atoms with E-state index in [-0.39, 0.29) is 43.2 Å². The van der Waals surface area contributed by atoms with Crippen LogP contribution in [0.2, 0.25) is 0 Å². The molecular formula is C34H49N3O8S. The van der Waals surface area contributed by atoms with Crippen LogP contribution in [0.3, 0.4) is 0 Å². The van der Waals surface area contributed by atoms with Gasteiger partial charge in [0, 0.05) is 25.0 Å². The van der Waals surface area contributed by atoms with Crippen molar-refractivity contribution in [3.63, 3.8) is 0 Å². The Morgan fingerprint density at radius 1 is 0.891 bits per heavy atom. The predicted octanol–water partition coefficient (Wildman–Crippen LogP) is 4.21. The molecule has 2 aromatic rings. The molecule has 0 unspecified atom stereocenters. The van der Waals surface area contributed by atoms with Gasteiger partial charge >= 0.3 is 5.97 Å². The summed E-state index contributed by atoms with van der Waals surface area (Å²) in [6.07, 6.45) is 5.03. The maximum Gasteiger partial charge on any atom is 0.307 e. The van der Waals surface area contributed by atoms with Crippen molar-refractivity contribution in [2.24, 2.45) is 11.8 Å². The molecule has 12 heteroatoms. The van der Waals surface area contributed by atoms with E-state index in [1.165, 1.54) is 30.4 Å². The lowest BCUT2D eigenvalue weighted by molar-refractivity contribution is -0.157. The number of carbonyl (C=O) groups is 5. The second-order valence-electron chi connectivity index (χ2n) is 12.8. The molecule has 1 heterocycles. The SMILES string of the molecule is C[C@H](CC(=O)[C@H](C)NC(=O)[C@@H](CC(=O)OC(C)(C)C)Cc1ccc(O)cc1)C(=O)N[C@@H](C)C(=O)CCCCCc1ncc(CO)s1. The summed E-state index contributed by atoms with van der Waals surface area (Å²) in [5, 5.41) is 25.1. The van der Waals surface area contributed by atoms with Crippen molar-refractivity contribution < 1.29 is 38.9 Å². The van der Waals surface area contributed by atoms with Gasteiger partial charge in [0.2, 0.25) is 11.8 Å². The van der Waals surface area contributed by atoms with Gasteiger partial charge in [0.25, 0.3) is 0 Å². The molecule has 11 nitrogen and oxygen atoms in total. The number of carbonyl (C=O) groups excluding carboxylic acids is 5. The number of aromatic hydroxyl groups is 1. The molecule has 0 saturated heterocycles. The normalized spacial score (nSPS) is 14.1. The number of ketones is 2. The van der Waals surface area contributed by atoms with Crippen molar-refractivity contribution in [3.05, 3.63) is 45.9 Å². The Morgan fingerprint density at radius 3 is 2.13 bits per heavy atom. The number of Topliss-reactive ketones (excluding diaryl/α,β-unsaturated/α-hetero) is 2. The first kappa shape index (κ1) is 38.5. The van der Waals surface area contributed by atoms with Crippen LogP contribution >= 0.6 is 11.3 Å². The monoisotopic (exact) mass is 659 g/mol. The van der Waals surface area contributed by atoms with Crippen molar-refractivity contribution >= 4 is 40.7 Å². The number of phenols is 1. The van der Waals surface area contributed by atoms with Crippen LogP contribution in [0, 0.1) is 11.8 Å². The molecule has 0 bridgehead atoms. The number of aromatic nitrogens is 1. The summed E-state index contributed by atoms with van der Waals surface area (Å²) in [6.45, 7) is 9.93. The zero-order valence-electron chi connectivity index (χ0n) is 27.8. The van der Waals surface area contributed by atoms with Crippen LogP contribution in [0.5, 0.6) is 5.75 Å². The fourth-order valence-corrected chi connectivity index (χ4v) is 5.51. The number of amides is 2. The smallest absolute Gasteiger partial charge is 0.307 e. The zero-order chi connectivity index (χ0) is 34.4. The van der Waals surface area contributed by atoms with Crippen molar-refractivity contribution in [1.82, 2.24) is 15.6 Å². The number of ether oxygens (including phenoxy) is 1. The van der Waals surface area contributed by atoms with Gasteiger partial charge in [-0.3, -0.25) is 24.0 Å². The molecule has 4 N–H and O–H groups in total. The Bertz CT molecular complexity index is 1320. The number of esters is 1. The predicted molar refractivity (Wildman–Crippen MR) is 175 cm³/mol. The first-order valence-electron chi connectivity index (χ1n) is 15.8. The maximum atomic E-state index is 13.2. The first-order valence-corrected chi connectivity index (χ1v) is 16.6. The Balaban J connectivity index is 1.83. The van der Waals surface area contributed by atoms with Gasteiger partial charge in [-0.05, 0) is 78.0 Å². The van der Waals surface area contributed by atoms with Gasteiger partial charge in [-0.2, -0.15) is 0 Å². The van der Waals surface area contributed by atoms with Gasteiger partial charge < -0.3 is 25.6 Å². The van der Waals surface area contributed by atoms with E-state index in [1.54, 1.807) is 52.9 Å². The van der Waals surface area contributed by atoms with E-state index in [4.69, 9.17) is 9.84 Å². The third-order valence-electron chi connectivity index (χ3n) is 7.33. The summed E-state index contributed by atoms with van der Waals surface area (Å²) >= 11 is 1.48. The van der Waals surface area contributed by atoms with Crippen molar-refractivity contribution in [2.45, 2.75) is 117 Å². The maximum absolute atomic E-state index is 13.2.